The van der Waals surface area contributed by atoms with E-state index in [0.29, 0.717) is 58.3 Å². The summed E-state index contributed by atoms with van der Waals surface area (Å²) < 4.78 is 220. The Hall–Kier alpha value is -4.12. The normalized spacial score (nSPS) is 12.9. The van der Waals surface area contributed by atoms with Crippen LogP contribution in [0, 0.1) is 13.8 Å². The van der Waals surface area contributed by atoms with E-state index in [1.807, 2.05) is 0 Å². The lowest BCUT2D eigenvalue weighted by molar-refractivity contribution is -0.144. The first kappa shape index (κ1) is 46.9. The van der Waals surface area contributed by atoms with E-state index >= 15 is 0 Å². The second-order valence-corrected chi connectivity index (χ2v) is 19.4. The number of hydrogen-bond acceptors (Lipinski definition) is 10. The van der Waals surface area contributed by atoms with E-state index in [-0.39, 0.29) is 51.0 Å². The summed E-state index contributed by atoms with van der Waals surface area (Å²) in [5.74, 6) is -0.443. The highest BCUT2D eigenvalue weighted by Gasteiger charge is 2.39. The lowest BCUT2D eigenvalue weighted by Gasteiger charge is -2.13. The van der Waals surface area contributed by atoms with Gasteiger partial charge in [0.05, 0.1) is 33.6 Å². The molecule has 0 atom stereocenters. The third-order valence-corrected chi connectivity index (χ3v) is 15.3. The van der Waals surface area contributed by atoms with Crippen molar-refractivity contribution >= 4 is 86.3 Å². The number of rotatable bonds is 8. The molecule has 0 bridgehead atoms. The zero-order valence-electron chi connectivity index (χ0n) is 29.0. The molecule has 28 heteroatoms. The first-order valence-electron chi connectivity index (χ1n) is 15.5. The van der Waals surface area contributed by atoms with E-state index < -0.39 is 78.1 Å². The molecule has 2 N–H and O–H groups in total. The Morgan fingerprint density at radius 3 is 1.03 bits per heavy atom. The van der Waals surface area contributed by atoms with Gasteiger partial charge in [0.1, 0.15) is 17.4 Å². The molecule has 4 heterocycles. The highest BCUT2D eigenvalue weighted by atomic mass is 79.9. The molecule has 6 rings (SSSR count). The summed E-state index contributed by atoms with van der Waals surface area (Å²) in [5, 5.41) is 7.11. The monoisotopic (exact) mass is 1070 g/mol. The molecule has 0 saturated heterocycles. The Morgan fingerprint density at radius 2 is 0.800 bits per heavy atom. The molecule has 0 amide bonds. The summed E-state index contributed by atoms with van der Waals surface area (Å²) >= 11 is 7.16. The van der Waals surface area contributed by atoms with Crippen LogP contribution in [-0.2, 0) is 44.8 Å². The number of alkyl halides is 12. The maximum absolute atomic E-state index is 13.0. The molecule has 10 nitrogen and oxygen atoms in total. The zero-order valence-corrected chi connectivity index (χ0v) is 35.5. The van der Waals surface area contributed by atoms with Crippen LogP contribution in [0.15, 0.2) is 87.1 Å². The molecule has 2 aromatic carbocycles. The van der Waals surface area contributed by atoms with Crippen molar-refractivity contribution in [2.24, 2.45) is 0 Å². The van der Waals surface area contributed by atoms with Crippen LogP contribution in [0.4, 0.5) is 64.5 Å². The molecular weight excluding hydrogens is 1050 g/mol. The molecule has 0 spiro atoms. The van der Waals surface area contributed by atoms with Crippen molar-refractivity contribution in [2.45, 2.75) is 47.0 Å². The predicted octanol–water partition coefficient (Wildman–Crippen LogP) is 12.6. The van der Waals surface area contributed by atoms with Crippen molar-refractivity contribution < 1.29 is 78.6 Å². The van der Waals surface area contributed by atoms with Crippen molar-refractivity contribution in [3.05, 3.63) is 103 Å². The largest absolute Gasteiger partial charge is 0.416 e. The second kappa shape index (κ2) is 16.6. The number of nitrogens with zero attached hydrogens (tertiary/aromatic N) is 2. The highest BCUT2D eigenvalue weighted by Crippen LogP contribution is 2.43. The molecule has 0 aliphatic rings. The molecule has 0 radical (unpaired) electrons. The topological polar surface area (TPSA) is 144 Å². The molecule has 0 aliphatic carbocycles. The number of nitrogens with one attached hydrogen (secondary N) is 2. The number of sulfonamides is 2. The first-order valence-corrected chi connectivity index (χ1v) is 21.6. The number of aryl methyl sites for hydroxylation is 2. The van der Waals surface area contributed by atoms with E-state index in [9.17, 15) is 69.5 Å². The average molecular weight is 1070 g/mol. The van der Waals surface area contributed by atoms with E-state index in [4.69, 9.17) is 9.05 Å². The molecule has 0 aliphatic heterocycles. The lowest BCUT2D eigenvalue weighted by atomic mass is 10.0. The third kappa shape index (κ3) is 10.8. The minimum absolute atomic E-state index is 0.0000833. The minimum Gasteiger partial charge on any atom is -0.336 e. The highest BCUT2D eigenvalue weighted by molar-refractivity contribution is 9.11. The standard InChI is InChI=1S/2C16H9BrF6N2O3S2/c2*1-7-13(17)14(28-24-7)25-30(26,27)12-3-2-11(29-12)8-4-9(15(18,19)20)6-10(5-8)16(21,22)23/h2*2-6,25H,1H3. The van der Waals surface area contributed by atoms with Crippen molar-refractivity contribution in [3.63, 3.8) is 0 Å². The average Bonchev–Trinajstić information content (AvgIpc) is 3.95. The molecular formula is C32H18Br2F12N4O6S4. The summed E-state index contributed by atoms with van der Waals surface area (Å²) in [6.07, 6.45) is -20.1. The summed E-state index contributed by atoms with van der Waals surface area (Å²) in [6, 6.07) is 6.48. The van der Waals surface area contributed by atoms with Gasteiger partial charge in [-0.1, -0.05) is 10.3 Å². The van der Waals surface area contributed by atoms with Gasteiger partial charge >= 0.3 is 24.7 Å². The fourth-order valence-corrected chi connectivity index (χ4v) is 9.95. The van der Waals surface area contributed by atoms with E-state index in [2.05, 4.69) is 51.6 Å². The SMILES string of the molecule is Cc1noc(NS(=O)(=O)c2ccc(-c3cc(C(F)(F)F)cc(C(F)(F)F)c3)s2)c1Br.Cc1noc(NS(=O)(=O)c2ccc(-c3cc(C(F)(F)F)cc(C(F)(F)F)c3)s2)c1Br. The summed E-state index contributed by atoms with van der Waals surface area (Å²) in [5.41, 5.74) is -6.09. The Bertz CT molecular complexity index is 2520. The molecule has 60 heavy (non-hydrogen) atoms. The van der Waals surface area contributed by atoms with Crippen LogP contribution in [0.5, 0.6) is 0 Å². The third-order valence-electron chi connectivity index (χ3n) is 7.47. The van der Waals surface area contributed by atoms with Crippen LogP contribution in [0.25, 0.3) is 20.9 Å². The van der Waals surface area contributed by atoms with Crippen LogP contribution in [0.2, 0.25) is 0 Å². The van der Waals surface area contributed by atoms with Crippen LogP contribution >= 0.6 is 54.5 Å². The van der Waals surface area contributed by atoms with Crippen LogP contribution in [-0.4, -0.2) is 27.1 Å². The van der Waals surface area contributed by atoms with Gasteiger partial charge in [0, 0.05) is 9.75 Å². The Morgan fingerprint density at radius 1 is 0.517 bits per heavy atom. The molecule has 0 fully saturated rings. The van der Waals surface area contributed by atoms with Crippen molar-refractivity contribution in [1.29, 1.82) is 0 Å². The number of hydrogen-bond donors (Lipinski definition) is 2. The number of anilines is 2. The van der Waals surface area contributed by atoms with E-state index in [1.54, 1.807) is 13.8 Å². The zero-order chi connectivity index (χ0) is 45.0. The van der Waals surface area contributed by atoms with E-state index in [0.717, 1.165) is 24.3 Å². The first-order chi connectivity index (χ1) is 27.4. The Labute approximate surface area is 353 Å². The van der Waals surface area contributed by atoms with Gasteiger partial charge in [-0.15, -0.1) is 22.7 Å². The maximum Gasteiger partial charge on any atom is 0.416 e. The number of aromatic nitrogens is 2. The fourth-order valence-electron chi connectivity index (χ4n) is 4.62. The van der Waals surface area contributed by atoms with Crippen molar-refractivity contribution in [3.8, 4) is 20.9 Å². The summed E-state index contributed by atoms with van der Waals surface area (Å²) in [4.78, 5) is -0.195. The Kier molecular flexibility index (Phi) is 13.0. The molecule has 324 valence electrons. The van der Waals surface area contributed by atoms with Crippen LogP contribution < -0.4 is 9.44 Å². The van der Waals surface area contributed by atoms with Gasteiger partial charge in [-0.3, -0.25) is 0 Å². The molecule has 4 aromatic heterocycles. The predicted molar refractivity (Wildman–Crippen MR) is 199 cm³/mol. The van der Waals surface area contributed by atoms with Crippen molar-refractivity contribution in [2.75, 3.05) is 9.44 Å². The van der Waals surface area contributed by atoms with Gasteiger partial charge in [-0.2, -0.15) is 52.7 Å². The van der Waals surface area contributed by atoms with Crippen LogP contribution in [0.3, 0.4) is 0 Å². The second-order valence-electron chi connectivity index (χ2n) is 11.9. The Balaban J connectivity index is 0.000000228. The molecule has 0 unspecified atom stereocenters. The summed E-state index contributed by atoms with van der Waals surface area (Å²) in [7, 11) is -8.45. The molecule has 0 saturated carbocycles. The number of benzene rings is 2. The van der Waals surface area contributed by atoms with Gasteiger partial charge in [-0.25, -0.2) is 26.3 Å². The van der Waals surface area contributed by atoms with Gasteiger partial charge < -0.3 is 9.05 Å². The molecule has 6 aromatic rings. The van der Waals surface area contributed by atoms with Gasteiger partial charge in [0.25, 0.3) is 31.8 Å². The maximum atomic E-state index is 13.0. The number of halogens is 14. The fraction of sp³-hybridized carbons (Fsp3) is 0.188. The smallest absolute Gasteiger partial charge is 0.336 e. The van der Waals surface area contributed by atoms with Crippen LogP contribution in [0.1, 0.15) is 33.6 Å². The summed E-state index contributed by atoms with van der Waals surface area (Å²) in [6.45, 7) is 3.08. The number of thiophene rings is 2. The van der Waals surface area contributed by atoms with E-state index in [1.165, 1.54) is 0 Å². The quantitative estimate of drug-likeness (QED) is 0.143. The van der Waals surface area contributed by atoms with Gasteiger partial charge in [0.15, 0.2) is 0 Å². The minimum atomic E-state index is -5.01. The van der Waals surface area contributed by atoms with Gasteiger partial charge in [-0.05, 0) is 117 Å². The van der Waals surface area contributed by atoms with Crippen molar-refractivity contribution in [1.82, 2.24) is 10.3 Å². The lowest BCUT2D eigenvalue weighted by Crippen LogP contribution is -2.11. The van der Waals surface area contributed by atoms with Gasteiger partial charge in [0.2, 0.25) is 0 Å².